The highest BCUT2D eigenvalue weighted by Gasteiger charge is 2.15. The van der Waals surface area contributed by atoms with Crippen LogP contribution in [0.25, 0.3) is 0 Å². The number of hydrogen-bond donors (Lipinski definition) is 1. The van der Waals surface area contributed by atoms with Gasteiger partial charge in [-0.2, -0.15) is 0 Å². The molecule has 0 spiro atoms. The van der Waals surface area contributed by atoms with E-state index in [4.69, 9.17) is 12.2 Å². The summed E-state index contributed by atoms with van der Waals surface area (Å²) in [5.41, 5.74) is 3.78. The van der Waals surface area contributed by atoms with E-state index in [9.17, 15) is 0 Å². The maximum Gasteiger partial charge on any atom is 0.169 e. The van der Waals surface area contributed by atoms with Crippen LogP contribution in [-0.4, -0.2) is 36.7 Å². The average Bonchev–Trinajstić information content (AvgIpc) is 2.53. The van der Waals surface area contributed by atoms with Crippen LogP contribution in [-0.2, 0) is 6.54 Å². The summed E-state index contributed by atoms with van der Waals surface area (Å²) < 4.78 is 0. The lowest BCUT2D eigenvalue weighted by Gasteiger charge is -2.32. The Bertz CT molecular complexity index is 521. The van der Waals surface area contributed by atoms with E-state index in [1.165, 1.54) is 43.6 Å². The lowest BCUT2D eigenvalue weighted by molar-refractivity contribution is 0.489. The third-order valence-corrected chi connectivity index (χ3v) is 4.44. The molecule has 4 heteroatoms. The zero-order valence-electron chi connectivity index (χ0n) is 13.8. The molecular weight excluding hydrogens is 290 g/mol. The van der Waals surface area contributed by atoms with Gasteiger partial charge < -0.3 is 15.1 Å². The van der Waals surface area contributed by atoms with Crippen molar-refractivity contribution in [2.75, 3.05) is 31.6 Å². The molecule has 1 N–H and O–H groups in total. The highest BCUT2D eigenvalue weighted by atomic mass is 32.1. The molecule has 0 unspecified atom stereocenters. The van der Waals surface area contributed by atoms with Crippen LogP contribution in [0.4, 0.5) is 5.69 Å². The van der Waals surface area contributed by atoms with Crippen molar-refractivity contribution in [3.05, 3.63) is 42.0 Å². The zero-order valence-corrected chi connectivity index (χ0v) is 14.6. The molecule has 120 valence electrons. The molecule has 0 aromatic heterocycles. The number of nitrogens with zero attached hydrogens (tertiary/aromatic N) is 2. The van der Waals surface area contributed by atoms with E-state index in [0.717, 1.165) is 23.8 Å². The monoisotopic (exact) mass is 317 g/mol. The molecule has 0 atom stereocenters. The molecule has 0 radical (unpaired) electrons. The quantitative estimate of drug-likeness (QED) is 0.661. The molecule has 22 heavy (non-hydrogen) atoms. The lowest BCUT2D eigenvalue weighted by atomic mass is 10.1. The summed E-state index contributed by atoms with van der Waals surface area (Å²) in [6.07, 6.45) is 3.94. The van der Waals surface area contributed by atoms with Gasteiger partial charge in [0.1, 0.15) is 0 Å². The molecule has 1 aromatic rings. The van der Waals surface area contributed by atoms with Gasteiger partial charge in [-0.25, -0.2) is 0 Å². The van der Waals surface area contributed by atoms with E-state index in [1.54, 1.807) is 0 Å². The zero-order chi connectivity index (χ0) is 15.9. The number of para-hydroxylation sites is 1. The minimum absolute atomic E-state index is 0.733. The summed E-state index contributed by atoms with van der Waals surface area (Å²) in [5.74, 6) is 0. The first-order valence-corrected chi connectivity index (χ1v) is 8.45. The Morgan fingerprint density at radius 3 is 2.64 bits per heavy atom. The molecule has 0 amide bonds. The van der Waals surface area contributed by atoms with Gasteiger partial charge >= 0.3 is 0 Å². The summed E-state index contributed by atoms with van der Waals surface area (Å²) in [6, 6.07) is 8.69. The van der Waals surface area contributed by atoms with Gasteiger partial charge in [0.2, 0.25) is 0 Å². The Hall–Kier alpha value is -1.55. The predicted molar refractivity (Wildman–Crippen MR) is 99.4 cm³/mol. The average molecular weight is 318 g/mol. The lowest BCUT2D eigenvalue weighted by Crippen LogP contribution is -2.38. The normalized spacial score (nSPS) is 14.5. The summed E-state index contributed by atoms with van der Waals surface area (Å²) in [5, 5.41) is 4.02. The molecule has 0 saturated carbocycles. The Balaban J connectivity index is 2.02. The van der Waals surface area contributed by atoms with Crippen LogP contribution < -0.4 is 10.2 Å². The number of hydrogen-bond acceptors (Lipinski definition) is 2. The first kappa shape index (κ1) is 16.8. The van der Waals surface area contributed by atoms with Gasteiger partial charge in [0.25, 0.3) is 0 Å². The Morgan fingerprint density at radius 1 is 1.27 bits per heavy atom. The van der Waals surface area contributed by atoms with E-state index in [-0.39, 0.29) is 0 Å². The van der Waals surface area contributed by atoms with Crippen molar-refractivity contribution in [2.45, 2.75) is 32.7 Å². The molecule has 0 aliphatic carbocycles. The molecule has 1 heterocycles. The number of benzene rings is 1. The SMILES string of the molecule is C=C(C)CNC(=S)N(C)Cc1ccccc1N1CCCCC1. The molecule has 1 fully saturated rings. The second kappa shape index (κ2) is 8.18. The van der Waals surface area contributed by atoms with Gasteiger partial charge in [0, 0.05) is 38.9 Å². The highest BCUT2D eigenvalue weighted by molar-refractivity contribution is 7.80. The van der Waals surface area contributed by atoms with Crippen LogP contribution in [0.5, 0.6) is 0 Å². The molecule has 1 aliphatic rings. The van der Waals surface area contributed by atoms with Crippen molar-refractivity contribution in [3.8, 4) is 0 Å². The molecule has 3 nitrogen and oxygen atoms in total. The van der Waals surface area contributed by atoms with Gasteiger partial charge in [-0.15, -0.1) is 0 Å². The van der Waals surface area contributed by atoms with Crippen LogP contribution in [0, 0.1) is 0 Å². The fourth-order valence-electron chi connectivity index (χ4n) is 2.78. The minimum atomic E-state index is 0.733. The largest absolute Gasteiger partial charge is 0.371 e. The van der Waals surface area contributed by atoms with Crippen molar-refractivity contribution in [1.82, 2.24) is 10.2 Å². The second-order valence-corrected chi connectivity index (χ2v) is 6.53. The predicted octanol–water partition coefficient (Wildman–Crippen LogP) is 3.56. The first-order valence-electron chi connectivity index (χ1n) is 8.04. The maximum absolute atomic E-state index is 5.45. The number of piperidine rings is 1. The molecular formula is C18H27N3S. The van der Waals surface area contributed by atoms with Crippen molar-refractivity contribution in [1.29, 1.82) is 0 Å². The van der Waals surface area contributed by atoms with Gasteiger partial charge in [-0.3, -0.25) is 0 Å². The summed E-state index contributed by atoms with van der Waals surface area (Å²) in [7, 11) is 2.04. The number of anilines is 1. The molecule has 1 aliphatic heterocycles. The van der Waals surface area contributed by atoms with Gasteiger partial charge in [-0.1, -0.05) is 30.4 Å². The van der Waals surface area contributed by atoms with E-state index < -0.39 is 0 Å². The van der Waals surface area contributed by atoms with Gasteiger partial charge in [0.05, 0.1) is 0 Å². The van der Waals surface area contributed by atoms with Crippen molar-refractivity contribution >= 4 is 23.0 Å². The Morgan fingerprint density at radius 2 is 1.95 bits per heavy atom. The summed E-state index contributed by atoms with van der Waals surface area (Å²) in [4.78, 5) is 4.61. The Labute approximate surface area is 140 Å². The van der Waals surface area contributed by atoms with Crippen LogP contribution in [0.2, 0.25) is 0 Å². The minimum Gasteiger partial charge on any atom is -0.371 e. The van der Waals surface area contributed by atoms with E-state index in [2.05, 4.69) is 46.0 Å². The number of thiocarbonyl (C=S) groups is 1. The third kappa shape index (κ3) is 4.73. The van der Waals surface area contributed by atoms with Gasteiger partial charge in [-0.05, 0) is 50.0 Å². The first-order chi connectivity index (χ1) is 10.6. The second-order valence-electron chi connectivity index (χ2n) is 6.15. The molecule has 1 aromatic carbocycles. The Kier molecular flexibility index (Phi) is 6.25. The van der Waals surface area contributed by atoms with Crippen LogP contribution >= 0.6 is 12.2 Å². The van der Waals surface area contributed by atoms with E-state index >= 15 is 0 Å². The molecule has 0 bridgehead atoms. The molecule has 1 saturated heterocycles. The van der Waals surface area contributed by atoms with Gasteiger partial charge in [0.15, 0.2) is 5.11 Å². The van der Waals surface area contributed by atoms with Crippen LogP contribution in [0.1, 0.15) is 31.7 Å². The fourth-order valence-corrected chi connectivity index (χ4v) is 2.91. The fraction of sp³-hybridized carbons (Fsp3) is 0.500. The molecule has 2 rings (SSSR count). The van der Waals surface area contributed by atoms with E-state index in [0.29, 0.717) is 0 Å². The van der Waals surface area contributed by atoms with Crippen molar-refractivity contribution < 1.29 is 0 Å². The smallest absolute Gasteiger partial charge is 0.169 e. The maximum atomic E-state index is 5.45. The van der Waals surface area contributed by atoms with E-state index in [1.807, 2.05) is 14.0 Å². The van der Waals surface area contributed by atoms with Crippen LogP contribution in [0.3, 0.4) is 0 Å². The number of nitrogens with one attached hydrogen (secondary N) is 1. The van der Waals surface area contributed by atoms with Crippen molar-refractivity contribution in [2.24, 2.45) is 0 Å². The van der Waals surface area contributed by atoms with Crippen molar-refractivity contribution in [3.63, 3.8) is 0 Å². The topological polar surface area (TPSA) is 18.5 Å². The number of rotatable bonds is 5. The highest BCUT2D eigenvalue weighted by Crippen LogP contribution is 2.25. The summed E-state index contributed by atoms with van der Waals surface area (Å²) in [6.45, 7) is 9.79. The summed E-state index contributed by atoms with van der Waals surface area (Å²) >= 11 is 5.45. The third-order valence-electron chi connectivity index (χ3n) is 3.98. The van der Waals surface area contributed by atoms with Crippen LogP contribution in [0.15, 0.2) is 36.4 Å². The standard InChI is InChI=1S/C18H27N3S/c1-15(2)13-19-18(22)20(3)14-16-9-5-6-10-17(16)21-11-7-4-8-12-21/h5-6,9-10H,1,4,7-8,11-14H2,2-3H3,(H,19,22).